The molecule has 5 N–H and O–H groups in total. The number of rotatable bonds is 9. The summed E-state index contributed by atoms with van der Waals surface area (Å²) in [6, 6.07) is -1.28. The lowest BCUT2D eigenvalue weighted by Crippen LogP contribution is -2.51. The van der Waals surface area contributed by atoms with Gasteiger partial charge in [-0.15, -0.1) is 0 Å². The van der Waals surface area contributed by atoms with E-state index in [9.17, 15) is 9.59 Å². The number of carbonyl (C=O) groups is 2. The molecular formula is C8H16N2O6. The molecule has 0 fully saturated rings. The lowest BCUT2D eigenvalue weighted by Gasteiger charge is -2.24. The van der Waals surface area contributed by atoms with Gasteiger partial charge in [-0.05, 0) is 0 Å². The molecule has 0 aliphatic rings. The molecule has 8 nitrogen and oxygen atoms in total. The molecule has 0 heterocycles. The second-order valence-electron chi connectivity index (χ2n) is 3.05. The van der Waals surface area contributed by atoms with Crippen LogP contribution in [0.3, 0.4) is 0 Å². The molecule has 1 atom stereocenters. The Balaban J connectivity index is 4.31. The molecule has 0 aliphatic heterocycles. The van der Waals surface area contributed by atoms with Crippen LogP contribution in [-0.2, 0) is 9.59 Å². The van der Waals surface area contributed by atoms with E-state index < -0.39 is 24.4 Å². The molecular weight excluding hydrogens is 220 g/mol. The van der Waals surface area contributed by atoms with Crippen LogP contribution in [0.4, 0.5) is 0 Å². The van der Waals surface area contributed by atoms with E-state index in [0.29, 0.717) is 0 Å². The van der Waals surface area contributed by atoms with Crippen molar-refractivity contribution in [2.45, 2.75) is 12.5 Å². The third kappa shape index (κ3) is 6.30. The second-order valence-corrected chi connectivity index (χ2v) is 3.05. The summed E-state index contributed by atoms with van der Waals surface area (Å²) in [5.41, 5.74) is 2.42. The lowest BCUT2D eigenvalue weighted by atomic mass is 10.2. The van der Waals surface area contributed by atoms with E-state index in [-0.39, 0.29) is 26.3 Å². The topological polar surface area (TPSA) is 130 Å². The van der Waals surface area contributed by atoms with Gasteiger partial charge >= 0.3 is 11.9 Å². The normalized spacial score (nSPS) is 12.7. The summed E-state index contributed by atoms with van der Waals surface area (Å²) in [6.45, 7) is -0.257. The smallest absolute Gasteiger partial charge is 0.322 e. The summed E-state index contributed by atoms with van der Waals surface area (Å²) in [5, 5.41) is 35.8. The Hall–Kier alpha value is -1.22. The fourth-order valence-electron chi connectivity index (χ4n) is 1.07. The van der Waals surface area contributed by atoms with Crippen molar-refractivity contribution in [3.05, 3.63) is 0 Å². The highest BCUT2D eigenvalue weighted by atomic mass is 16.4. The third-order valence-electron chi connectivity index (χ3n) is 1.76. The van der Waals surface area contributed by atoms with Gasteiger partial charge in [0, 0.05) is 13.1 Å². The first kappa shape index (κ1) is 14.8. The number of aliphatic hydroxyl groups is 2. The molecule has 0 radical (unpaired) electrons. The van der Waals surface area contributed by atoms with Gasteiger partial charge < -0.3 is 20.4 Å². The highest BCUT2D eigenvalue weighted by Crippen LogP contribution is 1.95. The van der Waals surface area contributed by atoms with Crippen molar-refractivity contribution in [1.29, 1.82) is 0 Å². The Morgan fingerprint density at radius 3 is 1.94 bits per heavy atom. The molecule has 0 unspecified atom stereocenters. The molecule has 94 valence electrons. The lowest BCUT2D eigenvalue weighted by molar-refractivity contribution is -0.147. The minimum Gasteiger partial charge on any atom is -0.481 e. The van der Waals surface area contributed by atoms with Gasteiger partial charge in [0.15, 0.2) is 0 Å². The number of aliphatic carboxylic acids is 2. The minimum absolute atomic E-state index is 0.101. The quantitative estimate of drug-likeness (QED) is 0.283. The van der Waals surface area contributed by atoms with E-state index in [0.717, 1.165) is 0 Å². The minimum atomic E-state index is -1.30. The SMILES string of the molecule is O=C(O)C[C@H](NN(CCO)CCO)C(=O)O. The molecule has 0 amide bonds. The summed E-state index contributed by atoms with van der Waals surface area (Å²) in [7, 11) is 0. The summed E-state index contributed by atoms with van der Waals surface area (Å²) in [5.74, 6) is -2.55. The number of hydrogen-bond acceptors (Lipinski definition) is 6. The predicted octanol–water partition coefficient (Wildman–Crippen LogP) is -2.29. The Morgan fingerprint density at radius 1 is 1.12 bits per heavy atom. The van der Waals surface area contributed by atoms with E-state index in [1.54, 1.807) is 0 Å². The maximum Gasteiger partial charge on any atom is 0.322 e. The maximum atomic E-state index is 10.7. The van der Waals surface area contributed by atoms with Gasteiger partial charge in [0.1, 0.15) is 6.04 Å². The molecule has 0 rings (SSSR count). The summed E-state index contributed by atoms with van der Waals surface area (Å²) in [6.07, 6.45) is -0.581. The van der Waals surface area contributed by atoms with Crippen LogP contribution in [0.25, 0.3) is 0 Å². The van der Waals surface area contributed by atoms with Gasteiger partial charge in [-0.1, -0.05) is 0 Å². The monoisotopic (exact) mass is 236 g/mol. The first-order valence-corrected chi connectivity index (χ1v) is 4.68. The number of nitrogens with one attached hydrogen (secondary N) is 1. The number of hydrogen-bond donors (Lipinski definition) is 5. The van der Waals surface area contributed by atoms with Crippen LogP contribution in [0, 0.1) is 0 Å². The first-order chi connectivity index (χ1) is 7.51. The number of aliphatic hydroxyl groups excluding tert-OH is 2. The second kappa shape index (κ2) is 7.99. The fraction of sp³-hybridized carbons (Fsp3) is 0.750. The molecule has 16 heavy (non-hydrogen) atoms. The van der Waals surface area contributed by atoms with Gasteiger partial charge in [0.2, 0.25) is 0 Å². The number of nitrogens with zero attached hydrogens (tertiary/aromatic N) is 1. The molecule has 0 aliphatic carbocycles. The average Bonchev–Trinajstić information content (AvgIpc) is 2.16. The zero-order valence-electron chi connectivity index (χ0n) is 8.67. The summed E-state index contributed by atoms with van der Waals surface area (Å²) >= 11 is 0. The Morgan fingerprint density at radius 2 is 1.62 bits per heavy atom. The van der Waals surface area contributed by atoms with E-state index in [4.69, 9.17) is 20.4 Å². The Bertz CT molecular complexity index is 229. The van der Waals surface area contributed by atoms with Crippen molar-refractivity contribution >= 4 is 11.9 Å². The molecule has 0 saturated heterocycles. The van der Waals surface area contributed by atoms with E-state index in [1.807, 2.05) is 0 Å². The zero-order valence-corrected chi connectivity index (χ0v) is 8.67. The fourth-order valence-corrected chi connectivity index (χ4v) is 1.07. The highest BCUT2D eigenvalue weighted by Gasteiger charge is 2.22. The zero-order chi connectivity index (χ0) is 12.6. The maximum absolute atomic E-state index is 10.7. The van der Waals surface area contributed by atoms with Crippen molar-refractivity contribution in [3.8, 4) is 0 Å². The van der Waals surface area contributed by atoms with Crippen molar-refractivity contribution in [2.75, 3.05) is 26.3 Å². The van der Waals surface area contributed by atoms with Crippen LogP contribution in [-0.4, -0.2) is 69.7 Å². The largest absolute Gasteiger partial charge is 0.481 e. The van der Waals surface area contributed by atoms with Crippen molar-refractivity contribution in [3.63, 3.8) is 0 Å². The predicted molar refractivity (Wildman–Crippen MR) is 52.6 cm³/mol. The van der Waals surface area contributed by atoms with Crippen LogP contribution in [0.1, 0.15) is 6.42 Å². The molecule has 0 aromatic carbocycles. The van der Waals surface area contributed by atoms with E-state index in [1.165, 1.54) is 5.01 Å². The molecule has 8 heteroatoms. The van der Waals surface area contributed by atoms with Crippen LogP contribution in [0.5, 0.6) is 0 Å². The van der Waals surface area contributed by atoms with Crippen LogP contribution < -0.4 is 5.43 Å². The standard InChI is InChI=1S/C8H16N2O6/c11-3-1-10(2-4-12)9-6(8(15)16)5-7(13)14/h6,9,11-12H,1-5H2,(H,13,14)(H,15,16)/t6-/m0/s1. The number of carboxylic acid groups (broad SMARTS) is 2. The van der Waals surface area contributed by atoms with Crippen molar-refractivity contribution < 1.29 is 30.0 Å². The van der Waals surface area contributed by atoms with Gasteiger partial charge in [-0.25, -0.2) is 10.4 Å². The van der Waals surface area contributed by atoms with Crippen molar-refractivity contribution in [2.24, 2.45) is 0 Å². The van der Waals surface area contributed by atoms with Gasteiger partial charge in [-0.2, -0.15) is 0 Å². The van der Waals surface area contributed by atoms with Gasteiger partial charge in [0.25, 0.3) is 0 Å². The molecule has 0 aromatic heterocycles. The number of carboxylic acids is 2. The highest BCUT2D eigenvalue weighted by molar-refractivity contribution is 5.80. The van der Waals surface area contributed by atoms with Crippen LogP contribution in [0.2, 0.25) is 0 Å². The van der Waals surface area contributed by atoms with Gasteiger partial charge in [-0.3, -0.25) is 9.59 Å². The van der Waals surface area contributed by atoms with Crippen LogP contribution in [0.15, 0.2) is 0 Å². The third-order valence-corrected chi connectivity index (χ3v) is 1.76. The van der Waals surface area contributed by atoms with E-state index >= 15 is 0 Å². The Labute approximate surface area is 92.1 Å². The van der Waals surface area contributed by atoms with E-state index in [2.05, 4.69) is 5.43 Å². The average molecular weight is 236 g/mol. The summed E-state index contributed by atoms with van der Waals surface area (Å²) in [4.78, 5) is 21.1. The van der Waals surface area contributed by atoms with Crippen molar-refractivity contribution in [1.82, 2.24) is 10.4 Å². The number of hydrazine groups is 1. The Kier molecular flexibility index (Phi) is 7.38. The molecule has 0 spiro atoms. The van der Waals surface area contributed by atoms with Gasteiger partial charge in [0.05, 0.1) is 19.6 Å². The molecule has 0 saturated carbocycles. The van der Waals surface area contributed by atoms with Crippen LogP contribution >= 0.6 is 0 Å². The first-order valence-electron chi connectivity index (χ1n) is 4.68. The molecule has 0 aromatic rings. The summed E-state index contributed by atoms with van der Waals surface area (Å²) < 4.78 is 0. The molecule has 0 bridgehead atoms.